The quantitative estimate of drug-likeness (QED) is 0.214. The van der Waals surface area contributed by atoms with E-state index in [0.717, 1.165) is 21.3 Å². The predicted molar refractivity (Wildman–Crippen MR) is 146 cm³/mol. The van der Waals surface area contributed by atoms with Gasteiger partial charge in [0.1, 0.15) is 23.6 Å². The van der Waals surface area contributed by atoms with Crippen molar-refractivity contribution >= 4 is 5.82 Å². The van der Waals surface area contributed by atoms with Crippen LogP contribution in [-0.4, -0.2) is 58.3 Å². The van der Waals surface area contributed by atoms with Gasteiger partial charge in [0.05, 0.1) is 0 Å². The van der Waals surface area contributed by atoms with Gasteiger partial charge in [0, 0.05) is 20.4 Å². The maximum Gasteiger partial charge on any atom is 0.351 e. The summed E-state index contributed by atoms with van der Waals surface area (Å²) in [6.07, 6.45) is -4.55. The van der Waals surface area contributed by atoms with E-state index < -0.39 is 41.8 Å². The molecule has 4 aromatic rings. The largest absolute Gasteiger partial charge is 0.387 e. The number of rotatable bonds is 9. The minimum atomic E-state index is -2.08. The van der Waals surface area contributed by atoms with Crippen molar-refractivity contribution in [2.75, 3.05) is 20.0 Å². The molecule has 2 heterocycles. The van der Waals surface area contributed by atoms with Crippen LogP contribution in [0.3, 0.4) is 0 Å². The fourth-order valence-electron chi connectivity index (χ4n) is 5.17. The molecule has 0 amide bonds. The van der Waals surface area contributed by atoms with E-state index in [-0.39, 0.29) is 5.82 Å². The number of nitrogens with zero attached hydrogens (tertiary/aromatic N) is 2. The highest BCUT2D eigenvalue weighted by molar-refractivity contribution is 5.47. The Kier molecular flexibility index (Phi) is 7.81. The van der Waals surface area contributed by atoms with Crippen molar-refractivity contribution < 1.29 is 29.2 Å². The average Bonchev–Trinajstić information content (AvgIpc) is 3.29. The predicted octanol–water partition coefficient (Wildman–Crippen LogP) is 2.40. The molecule has 1 fully saturated rings. The summed E-state index contributed by atoms with van der Waals surface area (Å²) in [5.41, 5.74) is 5.77. The fraction of sp³-hybridized carbons (Fsp3) is 0.267. The number of hydrogen-bond acceptors (Lipinski definition) is 9. The van der Waals surface area contributed by atoms with E-state index in [1.807, 2.05) is 91.0 Å². The molecule has 208 valence electrons. The molecule has 0 saturated carbocycles. The summed E-state index contributed by atoms with van der Waals surface area (Å²) in [6.45, 7) is 0. The van der Waals surface area contributed by atoms with Crippen LogP contribution in [0.5, 0.6) is 0 Å². The lowest BCUT2D eigenvalue weighted by Gasteiger charge is -2.45. The van der Waals surface area contributed by atoms with Crippen molar-refractivity contribution in [2.45, 2.75) is 36.1 Å². The molecular formula is C30H31N3O7. The minimum Gasteiger partial charge on any atom is -0.387 e. The number of methoxy groups -OCH3 is 2. The van der Waals surface area contributed by atoms with Crippen LogP contribution in [0.4, 0.5) is 5.82 Å². The Morgan fingerprint density at radius 3 is 1.70 bits per heavy atom. The lowest BCUT2D eigenvalue weighted by atomic mass is 9.80. The first-order valence-electron chi connectivity index (χ1n) is 12.7. The third kappa shape index (κ3) is 4.71. The Morgan fingerprint density at radius 1 is 0.800 bits per heavy atom. The van der Waals surface area contributed by atoms with Crippen molar-refractivity contribution in [2.24, 2.45) is 0 Å². The Bertz CT molecular complexity index is 1370. The molecular weight excluding hydrogens is 514 g/mol. The number of hydrogen-bond donors (Lipinski definition) is 3. The van der Waals surface area contributed by atoms with Crippen LogP contribution in [-0.2, 0) is 24.5 Å². The number of aromatic nitrogens is 2. The molecule has 1 saturated heterocycles. The van der Waals surface area contributed by atoms with Gasteiger partial charge in [-0.25, -0.2) is 4.79 Å². The lowest BCUT2D eigenvalue weighted by Crippen LogP contribution is -2.58. The van der Waals surface area contributed by atoms with Gasteiger partial charge in [-0.3, -0.25) is 4.57 Å². The summed E-state index contributed by atoms with van der Waals surface area (Å²) in [7, 11) is 2.70. The standard InChI is InChI=1S/C30H31N3O7/c1-37-30(38-2,26-24(34)25(35)27(39-26)33-19-18-23(31)32-28(33)36)40-29(20-12-6-3-7-13-20,21-14-8-4-9-15-21)22-16-10-5-11-17-22/h3-19,24-27,34-35H,1-2H3,(H2,31,32,36)/t24-,25+,26-,27+/m0/s1. The van der Waals surface area contributed by atoms with Gasteiger partial charge in [0.2, 0.25) is 0 Å². The molecule has 4 N–H and O–H groups in total. The fourth-order valence-corrected chi connectivity index (χ4v) is 5.17. The summed E-state index contributed by atoms with van der Waals surface area (Å²) in [5, 5.41) is 22.3. The van der Waals surface area contributed by atoms with E-state index in [0.29, 0.717) is 0 Å². The van der Waals surface area contributed by atoms with E-state index in [1.54, 1.807) is 0 Å². The number of aliphatic hydroxyl groups excluding tert-OH is 2. The Hall–Kier alpha value is -3.90. The van der Waals surface area contributed by atoms with E-state index in [2.05, 4.69) is 4.98 Å². The van der Waals surface area contributed by atoms with Crippen molar-refractivity contribution in [3.8, 4) is 0 Å². The zero-order chi connectivity index (χ0) is 28.3. The van der Waals surface area contributed by atoms with Crippen molar-refractivity contribution in [3.05, 3.63) is 130 Å². The topological polar surface area (TPSA) is 138 Å². The first kappa shape index (κ1) is 27.7. The Balaban J connectivity index is 1.67. The van der Waals surface area contributed by atoms with Gasteiger partial charge in [-0.1, -0.05) is 91.0 Å². The van der Waals surface area contributed by atoms with Crippen molar-refractivity contribution in [1.82, 2.24) is 9.55 Å². The average molecular weight is 546 g/mol. The molecule has 0 bridgehead atoms. The molecule has 0 unspecified atom stereocenters. The van der Waals surface area contributed by atoms with Gasteiger partial charge in [0.15, 0.2) is 12.3 Å². The van der Waals surface area contributed by atoms with Gasteiger partial charge in [-0.2, -0.15) is 4.98 Å². The van der Waals surface area contributed by atoms with E-state index in [1.165, 1.54) is 26.5 Å². The number of nitrogens with two attached hydrogens (primary N) is 1. The number of ether oxygens (including phenoxy) is 4. The molecule has 10 nitrogen and oxygen atoms in total. The minimum absolute atomic E-state index is 0.00988. The number of benzene rings is 3. The molecule has 0 spiro atoms. The molecule has 40 heavy (non-hydrogen) atoms. The highest BCUT2D eigenvalue weighted by Crippen LogP contribution is 2.47. The van der Waals surface area contributed by atoms with E-state index in [4.69, 9.17) is 24.7 Å². The Morgan fingerprint density at radius 2 is 1.27 bits per heavy atom. The third-order valence-corrected chi connectivity index (χ3v) is 7.12. The molecule has 0 aliphatic carbocycles. The SMILES string of the molecule is COC(OC)(OC(c1ccccc1)(c1ccccc1)c1ccccc1)[C@H]1O[C@@H](n2ccc(N)nc2=O)[C@H](O)[C@@H]1O. The van der Waals surface area contributed by atoms with Gasteiger partial charge in [0.25, 0.3) is 0 Å². The van der Waals surface area contributed by atoms with Crippen LogP contribution in [0.1, 0.15) is 22.9 Å². The Labute approximate surface area is 231 Å². The first-order valence-corrected chi connectivity index (χ1v) is 12.7. The molecule has 4 atom stereocenters. The molecule has 1 aliphatic heterocycles. The summed E-state index contributed by atoms with van der Waals surface area (Å²) in [5.74, 6) is -2.07. The number of nitrogen functional groups attached to an aromatic ring is 1. The zero-order valence-corrected chi connectivity index (χ0v) is 22.0. The van der Waals surface area contributed by atoms with Gasteiger partial charge in [-0.05, 0) is 22.8 Å². The zero-order valence-electron chi connectivity index (χ0n) is 22.0. The van der Waals surface area contributed by atoms with Crippen LogP contribution in [0.2, 0.25) is 0 Å². The van der Waals surface area contributed by atoms with Gasteiger partial charge >= 0.3 is 11.7 Å². The maximum atomic E-state index is 12.6. The normalized spacial score (nSPS) is 21.4. The lowest BCUT2D eigenvalue weighted by molar-refractivity contribution is -0.428. The molecule has 0 radical (unpaired) electrons. The highest BCUT2D eigenvalue weighted by atomic mass is 16.9. The monoisotopic (exact) mass is 545 g/mol. The smallest absolute Gasteiger partial charge is 0.351 e. The second-order valence-electron chi connectivity index (χ2n) is 9.36. The summed E-state index contributed by atoms with van der Waals surface area (Å²) in [6, 6.07) is 29.9. The first-order chi connectivity index (χ1) is 19.4. The molecule has 10 heteroatoms. The maximum absolute atomic E-state index is 12.6. The van der Waals surface area contributed by atoms with Crippen LogP contribution >= 0.6 is 0 Å². The van der Waals surface area contributed by atoms with Gasteiger partial charge in [-0.15, -0.1) is 0 Å². The summed E-state index contributed by atoms with van der Waals surface area (Å²) in [4.78, 5) is 16.3. The molecule has 5 rings (SSSR count). The van der Waals surface area contributed by atoms with Crippen molar-refractivity contribution in [1.29, 1.82) is 0 Å². The summed E-state index contributed by atoms with van der Waals surface area (Å²) >= 11 is 0. The van der Waals surface area contributed by atoms with Gasteiger partial charge < -0.3 is 34.9 Å². The molecule has 1 aromatic heterocycles. The molecule has 1 aliphatic rings. The third-order valence-electron chi connectivity index (χ3n) is 7.12. The van der Waals surface area contributed by atoms with Crippen LogP contribution in [0.25, 0.3) is 0 Å². The summed E-state index contributed by atoms with van der Waals surface area (Å²) < 4.78 is 25.9. The second kappa shape index (κ2) is 11.3. The highest BCUT2D eigenvalue weighted by Gasteiger charge is 2.60. The second-order valence-corrected chi connectivity index (χ2v) is 9.36. The van der Waals surface area contributed by atoms with Crippen LogP contribution in [0.15, 0.2) is 108 Å². The van der Waals surface area contributed by atoms with Crippen molar-refractivity contribution in [3.63, 3.8) is 0 Å². The van der Waals surface area contributed by atoms with E-state index in [9.17, 15) is 15.0 Å². The molecule has 3 aromatic carbocycles. The van der Waals surface area contributed by atoms with Crippen LogP contribution in [0, 0.1) is 0 Å². The van der Waals surface area contributed by atoms with E-state index >= 15 is 0 Å². The number of anilines is 1. The number of aliphatic hydroxyl groups is 2. The van der Waals surface area contributed by atoms with Crippen LogP contribution < -0.4 is 11.4 Å².